The van der Waals surface area contributed by atoms with E-state index < -0.39 is 0 Å². The predicted octanol–water partition coefficient (Wildman–Crippen LogP) is 4.53. The Balaban J connectivity index is 1.52. The minimum Gasteiger partial charge on any atom is -0.472 e. The van der Waals surface area contributed by atoms with Crippen molar-refractivity contribution in [1.29, 1.82) is 0 Å². The van der Waals surface area contributed by atoms with Crippen molar-refractivity contribution in [3.05, 3.63) is 78.0 Å². The van der Waals surface area contributed by atoms with Gasteiger partial charge in [0, 0.05) is 36.0 Å². The molecule has 1 fully saturated rings. The zero-order valence-electron chi connectivity index (χ0n) is 15.3. The molecule has 2 aromatic carbocycles. The van der Waals surface area contributed by atoms with Crippen LogP contribution in [0.3, 0.4) is 0 Å². The van der Waals surface area contributed by atoms with Crippen molar-refractivity contribution >= 4 is 12.0 Å². The molecule has 27 heavy (non-hydrogen) atoms. The van der Waals surface area contributed by atoms with Gasteiger partial charge in [-0.25, -0.2) is 4.98 Å². The van der Waals surface area contributed by atoms with Gasteiger partial charge in [0.2, 0.25) is 5.88 Å². The smallest absolute Gasteiger partial charge is 0.216 e. The normalized spacial score (nSPS) is 16.3. The Kier molecular flexibility index (Phi) is 4.88. The minimum atomic E-state index is 0.0758. The molecule has 0 aliphatic carbocycles. The summed E-state index contributed by atoms with van der Waals surface area (Å²) in [6.45, 7) is 3.62. The highest BCUT2D eigenvalue weighted by Gasteiger charge is 2.26. The number of aldehydes is 1. The maximum atomic E-state index is 11.7. The lowest BCUT2D eigenvalue weighted by atomic mass is 10.0. The molecule has 3 aromatic rings. The Hall–Kier alpha value is -3.14. The third-order valence-electron chi connectivity index (χ3n) is 4.99. The van der Waals surface area contributed by atoms with E-state index in [4.69, 9.17) is 4.74 Å². The first-order valence-electron chi connectivity index (χ1n) is 9.22. The number of hydrogen-bond donors (Lipinski definition) is 0. The molecule has 0 spiro atoms. The van der Waals surface area contributed by atoms with Gasteiger partial charge in [-0.15, -0.1) is 0 Å². The average molecular weight is 358 g/mol. The number of hydrogen-bond acceptors (Lipinski definition) is 4. The summed E-state index contributed by atoms with van der Waals surface area (Å²) < 4.78 is 6.08. The van der Waals surface area contributed by atoms with Gasteiger partial charge in [0.15, 0.2) is 6.29 Å². The fourth-order valence-electron chi connectivity index (χ4n) is 3.54. The van der Waals surface area contributed by atoms with Crippen LogP contribution in [0.25, 0.3) is 11.1 Å². The summed E-state index contributed by atoms with van der Waals surface area (Å²) in [5.41, 5.74) is 4.88. The van der Waals surface area contributed by atoms with Gasteiger partial charge >= 0.3 is 0 Å². The van der Waals surface area contributed by atoms with Crippen LogP contribution in [0.5, 0.6) is 5.88 Å². The van der Waals surface area contributed by atoms with Crippen molar-refractivity contribution in [3.63, 3.8) is 0 Å². The van der Waals surface area contributed by atoms with Crippen LogP contribution in [0, 0.1) is 6.92 Å². The number of benzene rings is 2. The molecule has 2 heterocycles. The zero-order chi connectivity index (χ0) is 18.6. The highest BCUT2D eigenvalue weighted by Crippen LogP contribution is 2.30. The van der Waals surface area contributed by atoms with Crippen LogP contribution in [0.15, 0.2) is 66.9 Å². The van der Waals surface area contributed by atoms with E-state index >= 15 is 0 Å². The summed E-state index contributed by atoms with van der Waals surface area (Å²) in [5, 5.41) is 0. The van der Waals surface area contributed by atoms with Gasteiger partial charge in [0.25, 0.3) is 0 Å². The van der Waals surface area contributed by atoms with Crippen molar-refractivity contribution in [2.24, 2.45) is 0 Å². The van der Waals surface area contributed by atoms with E-state index in [0.717, 1.165) is 48.2 Å². The number of pyridine rings is 1. The lowest BCUT2D eigenvalue weighted by molar-refractivity contribution is 0.112. The summed E-state index contributed by atoms with van der Waals surface area (Å²) in [6.07, 6.45) is 3.68. The lowest BCUT2D eigenvalue weighted by Crippen LogP contribution is -2.25. The Morgan fingerprint density at radius 2 is 1.93 bits per heavy atom. The van der Waals surface area contributed by atoms with Crippen molar-refractivity contribution < 1.29 is 9.53 Å². The summed E-state index contributed by atoms with van der Waals surface area (Å²) in [4.78, 5) is 18.3. The molecule has 0 amide bonds. The van der Waals surface area contributed by atoms with Crippen LogP contribution in [0.4, 0.5) is 5.69 Å². The Labute approximate surface area is 159 Å². The second-order valence-electron chi connectivity index (χ2n) is 6.86. The number of nitrogens with zero attached hydrogens (tertiary/aromatic N) is 2. The van der Waals surface area contributed by atoms with Crippen LogP contribution in [-0.4, -0.2) is 30.5 Å². The third-order valence-corrected chi connectivity index (χ3v) is 4.99. The van der Waals surface area contributed by atoms with E-state index in [-0.39, 0.29) is 6.10 Å². The second-order valence-corrected chi connectivity index (χ2v) is 6.86. The van der Waals surface area contributed by atoms with Crippen LogP contribution >= 0.6 is 0 Å². The first-order chi connectivity index (χ1) is 13.2. The Bertz CT molecular complexity index is 940. The SMILES string of the molecule is Cc1cccnc1O[C@H]1CCN(c2ccc(-c3ccccc3)cc2C=O)C1. The fourth-order valence-corrected chi connectivity index (χ4v) is 3.54. The fraction of sp³-hybridized carbons (Fsp3) is 0.217. The standard InChI is InChI=1S/C23H22N2O2/c1-17-6-5-12-24-23(17)27-21-11-13-25(15-21)22-10-9-19(14-20(22)16-26)18-7-3-2-4-8-18/h2-10,12,14,16,21H,11,13,15H2,1H3/t21-/m0/s1. The van der Waals surface area contributed by atoms with Gasteiger partial charge < -0.3 is 9.64 Å². The molecule has 1 aliphatic heterocycles. The molecule has 4 heteroatoms. The van der Waals surface area contributed by atoms with E-state index in [2.05, 4.69) is 28.1 Å². The van der Waals surface area contributed by atoms with Crippen molar-refractivity contribution in [3.8, 4) is 17.0 Å². The van der Waals surface area contributed by atoms with Crippen LogP contribution in [0.1, 0.15) is 22.3 Å². The number of aryl methyl sites for hydroxylation is 1. The van der Waals surface area contributed by atoms with Crippen LogP contribution in [0.2, 0.25) is 0 Å². The Morgan fingerprint density at radius 1 is 1.07 bits per heavy atom. The molecular formula is C23H22N2O2. The maximum absolute atomic E-state index is 11.7. The molecule has 0 radical (unpaired) electrons. The van der Waals surface area contributed by atoms with E-state index in [0.29, 0.717) is 11.4 Å². The summed E-state index contributed by atoms with van der Waals surface area (Å²) in [6, 6.07) is 20.1. The van der Waals surface area contributed by atoms with Gasteiger partial charge in [-0.2, -0.15) is 0 Å². The molecule has 1 atom stereocenters. The summed E-state index contributed by atoms with van der Waals surface area (Å²) >= 11 is 0. The largest absolute Gasteiger partial charge is 0.472 e. The number of rotatable bonds is 5. The van der Waals surface area contributed by atoms with E-state index in [9.17, 15) is 4.79 Å². The quantitative estimate of drug-likeness (QED) is 0.629. The zero-order valence-corrected chi connectivity index (χ0v) is 15.3. The number of ether oxygens (including phenoxy) is 1. The van der Waals surface area contributed by atoms with Crippen molar-refractivity contribution in [1.82, 2.24) is 4.98 Å². The van der Waals surface area contributed by atoms with Gasteiger partial charge in [0.05, 0.1) is 6.54 Å². The maximum Gasteiger partial charge on any atom is 0.216 e. The number of anilines is 1. The van der Waals surface area contributed by atoms with Gasteiger partial charge in [-0.05, 0) is 36.2 Å². The van der Waals surface area contributed by atoms with Gasteiger partial charge in [-0.3, -0.25) is 4.79 Å². The highest BCUT2D eigenvalue weighted by atomic mass is 16.5. The molecular weight excluding hydrogens is 336 g/mol. The third kappa shape index (κ3) is 3.70. The van der Waals surface area contributed by atoms with Gasteiger partial charge in [-0.1, -0.05) is 42.5 Å². The van der Waals surface area contributed by atoms with E-state index in [1.165, 1.54) is 0 Å². The Morgan fingerprint density at radius 3 is 2.70 bits per heavy atom. The lowest BCUT2D eigenvalue weighted by Gasteiger charge is -2.21. The molecule has 4 nitrogen and oxygen atoms in total. The molecule has 0 unspecified atom stereocenters. The van der Waals surface area contributed by atoms with E-state index in [1.54, 1.807) is 6.20 Å². The predicted molar refractivity (Wildman–Crippen MR) is 107 cm³/mol. The van der Waals surface area contributed by atoms with Crippen molar-refractivity contribution in [2.75, 3.05) is 18.0 Å². The summed E-state index contributed by atoms with van der Waals surface area (Å²) in [5.74, 6) is 0.694. The second kappa shape index (κ2) is 7.62. The molecule has 1 aliphatic rings. The number of carbonyl (C=O) groups is 1. The monoisotopic (exact) mass is 358 g/mol. The first kappa shape index (κ1) is 17.3. The molecule has 4 rings (SSSR count). The highest BCUT2D eigenvalue weighted by molar-refractivity contribution is 5.87. The molecule has 136 valence electrons. The van der Waals surface area contributed by atoms with Gasteiger partial charge in [0.1, 0.15) is 6.10 Å². The van der Waals surface area contributed by atoms with Crippen LogP contribution < -0.4 is 9.64 Å². The van der Waals surface area contributed by atoms with Crippen LogP contribution in [-0.2, 0) is 0 Å². The topological polar surface area (TPSA) is 42.4 Å². The number of aromatic nitrogens is 1. The molecule has 0 N–H and O–H groups in total. The minimum absolute atomic E-state index is 0.0758. The van der Waals surface area contributed by atoms with Crippen molar-refractivity contribution in [2.45, 2.75) is 19.4 Å². The number of carbonyl (C=O) groups excluding carboxylic acids is 1. The summed E-state index contributed by atoms with van der Waals surface area (Å²) in [7, 11) is 0. The molecule has 1 saturated heterocycles. The molecule has 1 aromatic heterocycles. The van der Waals surface area contributed by atoms with E-state index in [1.807, 2.05) is 49.4 Å². The molecule has 0 bridgehead atoms. The molecule has 0 saturated carbocycles. The first-order valence-corrected chi connectivity index (χ1v) is 9.22. The average Bonchev–Trinajstić information content (AvgIpc) is 3.18.